The molecule has 0 aromatic carbocycles. The van der Waals surface area contributed by atoms with Gasteiger partial charge in [-0.1, -0.05) is 6.08 Å². The van der Waals surface area contributed by atoms with Gasteiger partial charge in [0.25, 0.3) is 0 Å². The molecule has 86 valence electrons. The fourth-order valence-electron chi connectivity index (χ4n) is 1.49. The van der Waals surface area contributed by atoms with Gasteiger partial charge in [0.15, 0.2) is 0 Å². The summed E-state index contributed by atoms with van der Waals surface area (Å²) in [6.45, 7) is 0.390. The molecule has 6 heteroatoms. The summed E-state index contributed by atoms with van der Waals surface area (Å²) in [4.78, 5) is 23.7. The zero-order valence-electron chi connectivity index (χ0n) is 8.80. The number of amides is 2. The van der Waals surface area contributed by atoms with Gasteiger partial charge in [-0.05, 0) is 12.5 Å². The summed E-state index contributed by atoms with van der Waals surface area (Å²) < 4.78 is 0. The summed E-state index contributed by atoms with van der Waals surface area (Å²) in [6, 6.07) is 0.662. The van der Waals surface area contributed by atoms with E-state index in [1.165, 1.54) is 4.90 Å². The number of carbonyl (C=O) groups excluding carboxylic acids is 2. The Kier molecular flexibility index (Phi) is 4.03. The highest BCUT2D eigenvalue weighted by Gasteiger charge is 2.28. The number of hydrogen-bond donors (Lipinski definition) is 2. The molecule has 1 aliphatic heterocycles. The third-order valence-corrected chi connectivity index (χ3v) is 2.39. The molecule has 2 amide bonds. The summed E-state index contributed by atoms with van der Waals surface area (Å²) in [7, 11) is 0. The van der Waals surface area contributed by atoms with Crippen LogP contribution in [0.5, 0.6) is 0 Å². The van der Waals surface area contributed by atoms with Crippen LogP contribution in [-0.4, -0.2) is 35.3 Å². The van der Waals surface area contributed by atoms with Gasteiger partial charge in [0.2, 0.25) is 11.8 Å². The van der Waals surface area contributed by atoms with Crippen LogP contribution in [0, 0.1) is 11.3 Å². The average molecular weight is 222 g/mol. The second-order valence-electron chi connectivity index (χ2n) is 3.60. The van der Waals surface area contributed by atoms with Crippen molar-refractivity contribution in [1.29, 1.82) is 5.26 Å². The third-order valence-electron chi connectivity index (χ3n) is 2.39. The molecule has 4 N–H and O–H groups in total. The Morgan fingerprint density at radius 2 is 2.31 bits per heavy atom. The van der Waals surface area contributed by atoms with Crippen molar-refractivity contribution in [2.75, 3.05) is 6.54 Å². The summed E-state index contributed by atoms with van der Waals surface area (Å²) >= 11 is 0. The molecular formula is C10H14N4O2. The molecule has 0 fully saturated rings. The van der Waals surface area contributed by atoms with Crippen LogP contribution in [0.25, 0.3) is 0 Å². The van der Waals surface area contributed by atoms with Crippen molar-refractivity contribution in [1.82, 2.24) is 4.90 Å². The molecule has 0 aromatic heterocycles. The molecule has 0 saturated carbocycles. The summed E-state index contributed by atoms with van der Waals surface area (Å²) in [5.74, 6) is -0.808. The molecule has 0 unspecified atom stereocenters. The molecule has 0 bridgehead atoms. The molecule has 1 rings (SSSR count). The van der Waals surface area contributed by atoms with Crippen LogP contribution in [-0.2, 0) is 9.59 Å². The van der Waals surface area contributed by atoms with Crippen LogP contribution in [0.4, 0.5) is 0 Å². The van der Waals surface area contributed by atoms with Crippen molar-refractivity contribution in [3.63, 3.8) is 0 Å². The number of nitrogens with two attached hydrogens (primary N) is 2. The quantitative estimate of drug-likeness (QED) is 0.586. The van der Waals surface area contributed by atoms with Gasteiger partial charge in [-0.2, -0.15) is 5.26 Å². The summed E-state index contributed by atoms with van der Waals surface area (Å²) in [5, 5.41) is 8.78. The highest BCUT2D eigenvalue weighted by Crippen LogP contribution is 2.11. The Bertz CT molecular complexity index is 358. The average Bonchev–Trinajstić information content (AvgIpc) is 2.72. The lowest BCUT2D eigenvalue weighted by Crippen LogP contribution is -2.46. The van der Waals surface area contributed by atoms with E-state index >= 15 is 0 Å². The number of nitrogens with zero attached hydrogens (tertiary/aromatic N) is 2. The first-order chi connectivity index (χ1) is 7.56. The monoisotopic (exact) mass is 222 g/mol. The van der Waals surface area contributed by atoms with E-state index in [1.807, 2.05) is 6.07 Å². The van der Waals surface area contributed by atoms with E-state index in [4.69, 9.17) is 16.7 Å². The SMILES string of the molecule is N#C[C@@H]1C=CCN1C(=O)[C@@H](N)CCC(N)=O. The standard InChI is InChI=1S/C10H14N4O2/c11-6-7-2-1-5-14(7)10(16)8(12)3-4-9(13)15/h1-2,7-8H,3-5,12H2,(H2,13,15)/t7-,8-/m0/s1. The van der Waals surface area contributed by atoms with E-state index in [9.17, 15) is 9.59 Å². The van der Waals surface area contributed by atoms with Gasteiger partial charge < -0.3 is 16.4 Å². The molecule has 1 heterocycles. The van der Waals surface area contributed by atoms with Gasteiger partial charge in [-0.3, -0.25) is 9.59 Å². The predicted octanol–water partition coefficient (Wildman–Crippen LogP) is -1.13. The van der Waals surface area contributed by atoms with Crippen LogP contribution in [0.1, 0.15) is 12.8 Å². The van der Waals surface area contributed by atoms with Gasteiger partial charge in [0, 0.05) is 13.0 Å². The van der Waals surface area contributed by atoms with Crippen LogP contribution < -0.4 is 11.5 Å². The molecule has 16 heavy (non-hydrogen) atoms. The maximum Gasteiger partial charge on any atom is 0.241 e. The smallest absolute Gasteiger partial charge is 0.241 e. The summed E-state index contributed by atoms with van der Waals surface area (Å²) in [6.07, 6.45) is 3.68. The maximum atomic E-state index is 11.8. The minimum absolute atomic E-state index is 0.0748. The Balaban J connectivity index is 2.51. The Hall–Kier alpha value is -1.87. The van der Waals surface area contributed by atoms with E-state index in [1.54, 1.807) is 12.2 Å². The second kappa shape index (κ2) is 5.28. The van der Waals surface area contributed by atoms with Gasteiger partial charge in [0.1, 0.15) is 6.04 Å². The minimum Gasteiger partial charge on any atom is -0.370 e. The van der Waals surface area contributed by atoms with Gasteiger partial charge >= 0.3 is 0 Å². The topological polar surface area (TPSA) is 113 Å². The van der Waals surface area contributed by atoms with Gasteiger partial charge in [-0.25, -0.2) is 0 Å². The molecule has 1 aliphatic rings. The first-order valence-corrected chi connectivity index (χ1v) is 4.97. The summed E-state index contributed by atoms with van der Waals surface area (Å²) in [5.41, 5.74) is 10.6. The highest BCUT2D eigenvalue weighted by atomic mass is 16.2. The lowest BCUT2D eigenvalue weighted by molar-refractivity contribution is -0.132. The minimum atomic E-state index is -0.775. The lowest BCUT2D eigenvalue weighted by Gasteiger charge is -2.23. The number of carbonyl (C=O) groups is 2. The fourth-order valence-corrected chi connectivity index (χ4v) is 1.49. The molecule has 0 spiro atoms. The zero-order chi connectivity index (χ0) is 12.1. The van der Waals surface area contributed by atoms with Crippen molar-refractivity contribution in [3.05, 3.63) is 12.2 Å². The Labute approximate surface area is 93.5 Å². The molecule has 0 aromatic rings. The number of rotatable bonds is 4. The van der Waals surface area contributed by atoms with E-state index in [0.29, 0.717) is 6.54 Å². The Morgan fingerprint density at radius 3 is 2.88 bits per heavy atom. The van der Waals surface area contributed by atoms with Crippen LogP contribution in [0.15, 0.2) is 12.2 Å². The predicted molar refractivity (Wildman–Crippen MR) is 56.7 cm³/mol. The second-order valence-corrected chi connectivity index (χ2v) is 3.60. The largest absolute Gasteiger partial charge is 0.370 e. The van der Waals surface area contributed by atoms with Crippen LogP contribution >= 0.6 is 0 Å². The number of nitriles is 1. The fraction of sp³-hybridized carbons (Fsp3) is 0.500. The molecule has 0 radical (unpaired) electrons. The first kappa shape index (κ1) is 12.2. The molecule has 0 aliphatic carbocycles. The van der Waals surface area contributed by atoms with E-state index in [-0.39, 0.29) is 18.7 Å². The highest BCUT2D eigenvalue weighted by molar-refractivity contribution is 5.84. The van der Waals surface area contributed by atoms with Crippen LogP contribution in [0.2, 0.25) is 0 Å². The van der Waals surface area contributed by atoms with Crippen molar-refractivity contribution in [2.24, 2.45) is 11.5 Å². The zero-order valence-corrected chi connectivity index (χ0v) is 8.80. The normalized spacial score (nSPS) is 20.5. The first-order valence-electron chi connectivity index (χ1n) is 4.97. The van der Waals surface area contributed by atoms with Crippen molar-refractivity contribution in [2.45, 2.75) is 24.9 Å². The maximum absolute atomic E-state index is 11.8. The van der Waals surface area contributed by atoms with Gasteiger partial charge in [-0.15, -0.1) is 0 Å². The Morgan fingerprint density at radius 1 is 1.62 bits per heavy atom. The number of primary amides is 1. The molecule has 6 nitrogen and oxygen atoms in total. The van der Waals surface area contributed by atoms with Crippen molar-refractivity contribution >= 4 is 11.8 Å². The van der Waals surface area contributed by atoms with Gasteiger partial charge in [0.05, 0.1) is 12.1 Å². The van der Waals surface area contributed by atoms with E-state index < -0.39 is 18.0 Å². The van der Waals surface area contributed by atoms with Crippen molar-refractivity contribution in [3.8, 4) is 6.07 Å². The van der Waals surface area contributed by atoms with E-state index in [0.717, 1.165) is 0 Å². The van der Waals surface area contributed by atoms with Crippen LogP contribution in [0.3, 0.4) is 0 Å². The van der Waals surface area contributed by atoms with E-state index in [2.05, 4.69) is 0 Å². The molecular weight excluding hydrogens is 208 g/mol. The van der Waals surface area contributed by atoms with Crippen molar-refractivity contribution < 1.29 is 9.59 Å². The third kappa shape index (κ3) is 2.81. The molecule has 0 saturated heterocycles. The molecule has 2 atom stereocenters. The number of hydrogen-bond acceptors (Lipinski definition) is 4. The lowest BCUT2D eigenvalue weighted by atomic mass is 10.1.